The third-order valence-electron chi connectivity index (χ3n) is 6.80. The first kappa shape index (κ1) is 24.2. The smallest absolute Gasteiger partial charge is 0.332 e. The molecule has 2 fully saturated rings. The predicted molar refractivity (Wildman–Crippen MR) is 128 cm³/mol. The summed E-state index contributed by atoms with van der Waals surface area (Å²) in [5, 5.41) is 3.46. The number of fused-ring (bicyclic) bond motifs is 1. The van der Waals surface area contributed by atoms with E-state index in [-0.39, 0.29) is 29.5 Å². The fourth-order valence-electron chi connectivity index (χ4n) is 4.96. The van der Waals surface area contributed by atoms with Crippen molar-refractivity contribution in [3.05, 3.63) is 39.9 Å². The summed E-state index contributed by atoms with van der Waals surface area (Å²) in [6.07, 6.45) is 8.50. The van der Waals surface area contributed by atoms with Gasteiger partial charge in [-0.05, 0) is 51.4 Å². The molecule has 1 saturated carbocycles. The maximum absolute atomic E-state index is 15.1. The summed E-state index contributed by atoms with van der Waals surface area (Å²) in [5.41, 5.74) is 2.27. The van der Waals surface area contributed by atoms with Gasteiger partial charge in [-0.15, -0.1) is 0 Å². The van der Waals surface area contributed by atoms with E-state index in [4.69, 9.17) is 4.84 Å². The molecular weight excluding hydrogens is 439 g/mol. The Balaban J connectivity index is 1.73. The van der Waals surface area contributed by atoms with Gasteiger partial charge in [0.05, 0.1) is 11.2 Å². The number of hydrogen-bond acceptors (Lipinski definition) is 6. The Morgan fingerprint density at radius 2 is 1.94 bits per heavy atom. The molecular formula is C25H33FN4O4. The average molecular weight is 473 g/mol. The van der Waals surface area contributed by atoms with Gasteiger partial charge in [-0.2, -0.15) is 5.48 Å². The lowest BCUT2D eigenvalue weighted by Crippen LogP contribution is -2.32. The number of amides is 1. The molecule has 2 heterocycles. The first-order valence-corrected chi connectivity index (χ1v) is 12.2. The van der Waals surface area contributed by atoms with Gasteiger partial charge in [-0.1, -0.05) is 26.2 Å². The van der Waals surface area contributed by atoms with Crippen LogP contribution in [0.15, 0.2) is 23.1 Å². The van der Waals surface area contributed by atoms with Crippen LogP contribution in [0.1, 0.15) is 74.7 Å². The summed E-state index contributed by atoms with van der Waals surface area (Å²) in [6, 6.07) is 3.15. The molecule has 1 unspecified atom stereocenters. The molecule has 34 heavy (non-hydrogen) atoms. The van der Waals surface area contributed by atoms with Crippen molar-refractivity contribution in [3.63, 3.8) is 0 Å². The summed E-state index contributed by atoms with van der Waals surface area (Å²) in [7, 11) is 2.02. The number of nitrogens with zero attached hydrogens (tertiary/aromatic N) is 2. The number of halogens is 1. The highest BCUT2D eigenvalue weighted by atomic mass is 19.1. The van der Waals surface area contributed by atoms with Gasteiger partial charge in [0.15, 0.2) is 0 Å². The van der Waals surface area contributed by atoms with Crippen LogP contribution in [0.4, 0.5) is 10.1 Å². The monoisotopic (exact) mass is 472 g/mol. The molecule has 184 valence electrons. The zero-order chi connectivity index (χ0) is 24.2. The third-order valence-corrected chi connectivity index (χ3v) is 6.80. The number of carbonyl (C=O) groups excluding carboxylic acids is 2. The molecule has 0 radical (unpaired) electrons. The number of hydrogen-bond donors (Lipinski definition) is 2. The number of anilines is 1. The van der Waals surface area contributed by atoms with Crippen LogP contribution >= 0.6 is 0 Å². The molecule has 1 aromatic heterocycles. The van der Waals surface area contributed by atoms with Crippen LogP contribution in [0.25, 0.3) is 10.9 Å². The molecule has 0 spiro atoms. The molecule has 9 heteroatoms. The Kier molecular flexibility index (Phi) is 7.50. The van der Waals surface area contributed by atoms with Crippen LogP contribution in [0.5, 0.6) is 0 Å². The van der Waals surface area contributed by atoms with Crippen molar-refractivity contribution < 1.29 is 18.8 Å². The average Bonchev–Trinajstić information content (AvgIpc) is 3.25. The lowest BCUT2D eigenvalue weighted by atomic mass is 9.95. The number of aromatic nitrogens is 1. The highest BCUT2D eigenvalue weighted by Crippen LogP contribution is 2.30. The van der Waals surface area contributed by atoms with Crippen molar-refractivity contribution >= 4 is 28.5 Å². The Labute approximate surface area is 198 Å². The number of carbonyl (C=O) groups is 2. The topological polar surface area (TPSA) is 92.7 Å². The lowest BCUT2D eigenvalue weighted by molar-refractivity contribution is -0.149. The second-order valence-electron chi connectivity index (χ2n) is 9.47. The number of likely N-dealkylation sites (N-methyl/N-ethyl adjacent to an activating group) is 1. The molecule has 8 nitrogen and oxygen atoms in total. The van der Waals surface area contributed by atoms with E-state index >= 15 is 4.39 Å². The quantitative estimate of drug-likeness (QED) is 0.622. The van der Waals surface area contributed by atoms with Crippen LogP contribution in [0, 0.1) is 5.82 Å². The Bertz CT molecular complexity index is 1130. The summed E-state index contributed by atoms with van der Waals surface area (Å²) in [5.74, 6) is -1.92. The highest BCUT2D eigenvalue weighted by Gasteiger charge is 2.26. The maximum atomic E-state index is 15.1. The van der Waals surface area contributed by atoms with Crippen molar-refractivity contribution in [1.82, 2.24) is 14.9 Å². The lowest BCUT2D eigenvalue weighted by Gasteiger charge is -2.25. The molecule has 1 atom stereocenters. The van der Waals surface area contributed by atoms with E-state index < -0.39 is 23.1 Å². The van der Waals surface area contributed by atoms with Gasteiger partial charge in [0.1, 0.15) is 11.4 Å². The first-order valence-electron chi connectivity index (χ1n) is 12.2. The number of pyridine rings is 1. The first-order chi connectivity index (χ1) is 16.4. The van der Waals surface area contributed by atoms with Gasteiger partial charge < -0.3 is 19.6 Å². The Morgan fingerprint density at radius 1 is 1.18 bits per heavy atom. The molecule has 4 rings (SSSR count). The molecule has 1 aromatic carbocycles. The van der Waals surface area contributed by atoms with Gasteiger partial charge in [-0.25, -0.2) is 9.18 Å². The molecule has 1 aliphatic carbocycles. The second-order valence-corrected chi connectivity index (χ2v) is 9.47. The van der Waals surface area contributed by atoms with Crippen LogP contribution < -0.4 is 16.2 Å². The van der Waals surface area contributed by atoms with Crippen molar-refractivity contribution in [2.75, 3.05) is 25.5 Å². The number of benzene rings is 1. The van der Waals surface area contributed by atoms with Gasteiger partial charge in [0.2, 0.25) is 5.43 Å². The normalized spacial score (nSPS) is 19.3. The van der Waals surface area contributed by atoms with Crippen LogP contribution in [-0.4, -0.2) is 47.5 Å². The minimum atomic E-state index is -0.818. The fraction of sp³-hybridized carbons (Fsp3) is 0.560. The summed E-state index contributed by atoms with van der Waals surface area (Å²) in [6.45, 7) is 3.44. The molecule has 1 aliphatic heterocycles. The maximum Gasteiger partial charge on any atom is 0.332 e. The minimum Gasteiger partial charge on any atom is -0.380 e. The SMILES string of the molecule is CCCC(=O)ONC(=O)c1cn(C2CCN(C)C2)c2cc(NC3CCCCC3)c(F)cc2c1=O. The van der Waals surface area contributed by atoms with Crippen molar-refractivity contribution in [3.8, 4) is 0 Å². The Hall–Kier alpha value is -2.94. The van der Waals surface area contributed by atoms with Crippen LogP contribution in [0.3, 0.4) is 0 Å². The zero-order valence-electron chi connectivity index (χ0n) is 19.9. The summed E-state index contributed by atoms with van der Waals surface area (Å²) in [4.78, 5) is 44.6. The Morgan fingerprint density at radius 3 is 2.62 bits per heavy atom. The number of rotatable bonds is 6. The fourth-order valence-corrected chi connectivity index (χ4v) is 4.96. The number of nitrogens with one attached hydrogen (secondary N) is 2. The van der Waals surface area contributed by atoms with E-state index in [1.807, 2.05) is 18.5 Å². The molecule has 2 aliphatic rings. The standard InChI is InChI=1S/C25H33FN4O4/c1-3-7-23(31)34-28-25(33)19-15-30(17-10-11-29(2)14-17)22-13-21(20(26)12-18(22)24(19)32)27-16-8-5-4-6-9-16/h12-13,15-17,27H,3-11,14H2,1-2H3,(H,28,33). The number of likely N-dealkylation sites (tertiary alicyclic amines) is 1. The molecule has 2 aromatic rings. The van der Waals surface area contributed by atoms with Crippen LogP contribution in [0.2, 0.25) is 0 Å². The van der Waals surface area contributed by atoms with Gasteiger partial charge in [0, 0.05) is 36.6 Å². The summed E-state index contributed by atoms with van der Waals surface area (Å²) >= 11 is 0. The second kappa shape index (κ2) is 10.5. The van der Waals surface area contributed by atoms with E-state index in [0.717, 1.165) is 45.2 Å². The number of hydroxylamine groups is 1. The van der Waals surface area contributed by atoms with Gasteiger partial charge in [0.25, 0.3) is 5.91 Å². The van der Waals surface area contributed by atoms with Gasteiger partial charge in [-0.3, -0.25) is 9.59 Å². The largest absolute Gasteiger partial charge is 0.380 e. The predicted octanol–water partition coefficient (Wildman–Crippen LogP) is 3.75. The van der Waals surface area contributed by atoms with E-state index in [0.29, 0.717) is 17.6 Å². The van der Waals surface area contributed by atoms with E-state index in [1.165, 1.54) is 18.7 Å². The van der Waals surface area contributed by atoms with E-state index in [9.17, 15) is 14.4 Å². The van der Waals surface area contributed by atoms with Crippen molar-refractivity contribution in [1.29, 1.82) is 0 Å². The third kappa shape index (κ3) is 5.24. The van der Waals surface area contributed by atoms with Crippen molar-refractivity contribution in [2.45, 2.75) is 70.4 Å². The molecule has 1 amide bonds. The molecule has 1 saturated heterocycles. The van der Waals surface area contributed by atoms with Crippen LogP contribution in [-0.2, 0) is 9.63 Å². The van der Waals surface area contributed by atoms with E-state index in [1.54, 1.807) is 6.07 Å². The highest BCUT2D eigenvalue weighted by molar-refractivity contribution is 5.97. The summed E-state index contributed by atoms with van der Waals surface area (Å²) < 4.78 is 17.0. The zero-order valence-corrected chi connectivity index (χ0v) is 19.9. The van der Waals surface area contributed by atoms with E-state index in [2.05, 4.69) is 15.7 Å². The molecule has 0 bridgehead atoms. The minimum absolute atomic E-state index is 0.0234. The van der Waals surface area contributed by atoms with Gasteiger partial charge >= 0.3 is 5.97 Å². The van der Waals surface area contributed by atoms with Crippen molar-refractivity contribution in [2.24, 2.45) is 0 Å². The molecule has 2 N–H and O–H groups in total.